The molecule has 1 aliphatic carbocycles. The van der Waals surface area contributed by atoms with Crippen LogP contribution in [0, 0.1) is 11.8 Å². The van der Waals surface area contributed by atoms with Crippen LogP contribution in [0.3, 0.4) is 0 Å². The monoisotopic (exact) mass is 183 g/mol. The molecule has 2 N–H and O–H groups in total. The van der Waals surface area contributed by atoms with Crippen LogP contribution in [0.15, 0.2) is 0 Å². The topological polar surface area (TPSA) is 60.2 Å². The van der Waals surface area contributed by atoms with Gasteiger partial charge in [0.05, 0.1) is 0 Å². The zero-order valence-corrected chi connectivity index (χ0v) is 8.08. The van der Waals surface area contributed by atoms with Gasteiger partial charge in [-0.1, -0.05) is 13.3 Å². The summed E-state index contributed by atoms with van der Waals surface area (Å²) in [5, 5.41) is 0. The Kier molecular flexibility index (Phi) is 3.46. The number of hydrogen-bond donors (Lipinski definition) is 1. The highest BCUT2D eigenvalue weighted by Gasteiger charge is 2.32. The first-order chi connectivity index (χ1) is 6.16. The average molecular weight is 183 g/mol. The minimum Gasteiger partial charge on any atom is -0.369 e. The molecule has 0 aliphatic heterocycles. The molecule has 74 valence electrons. The van der Waals surface area contributed by atoms with Crippen LogP contribution in [0.2, 0.25) is 0 Å². The zero-order chi connectivity index (χ0) is 9.84. The fraction of sp³-hybridized carbons (Fsp3) is 0.800. The smallest absolute Gasteiger partial charge is 0.221 e. The van der Waals surface area contributed by atoms with Gasteiger partial charge in [0.1, 0.15) is 5.78 Å². The lowest BCUT2D eigenvalue weighted by atomic mass is 9.77. The van der Waals surface area contributed by atoms with Gasteiger partial charge in [-0.3, -0.25) is 9.59 Å². The van der Waals surface area contributed by atoms with E-state index in [9.17, 15) is 9.59 Å². The molecule has 0 heterocycles. The Morgan fingerprint density at radius 3 is 2.77 bits per heavy atom. The van der Waals surface area contributed by atoms with E-state index in [0.29, 0.717) is 12.8 Å². The van der Waals surface area contributed by atoms with Crippen molar-refractivity contribution in [2.24, 2.45) is 17.6 Å². The van der Waals surface area contributed by atoms with Gasteiger partial charge in [0.15, 0.2) is 0 Å². The summed E-state index contributed by atoms with van der Waals surface area (Å²) in [6.07, 6.45) is 4.20. The van der Waals surface area contributed by atoms with E-state index in [1.807, 2.05) is 6.92 Å². The number of primary amides is 1. The molecule has 1 amide bonds. The van der Waals surface area contributed by atoms with Crippen molar-refractivity contribution in [3.63, 3.8) is 0 Å². The quantitative estimate of drug-likeness (QED) is 0.716. The SMILES string of the molecule is CCC(C(N)=O)C1CCCCC1=O. The lowest BCUT2D eigenvalue weighted by Crippen LogP contribution is -2.35. The molecule has 0 aromatic rings. The lowest BCUT2D eigenvalue weighted by molar-refractivity contribution is -0.133. The van der Waals surface area contributed by atoms with Crippen LogP contribution >= 0.6 is 0 Å². The van der Waals surface area contributed by atoms with E-state index in [1.54, 1.807) is 0 Å². The van der Waals surface area contributed by atoms with Gasteiger partial charge in [0.2, 0.25) is 5.91 Å². The van der Waals surface area contributed by atoms with Crippen LogP contribution in [-0.4, -0.2) is 11.7 Å². The first kappa shape index (κ1) is 10.2. The molecule has 0 aromatic carbocycles. The van der Waals surface area contributed by atoms with Crippen molar-refractivity contribution in [1.29, 1.82) is 0 Å². The van der Waals surface area contributed by atoms with Crippen LogP contribution < -0.4 is 5.73 Å². The summed E-state index contributed by atoms with van der Waals surface area (Å²) in [6.45, 7) is 1.91. The van der Waals surface area contributed by atoms with Gasteiger partial charge in [-0.2, -0.15) is 0 Å². The molecule has 3 heteroatoms. The number of carbonyl (C=O) groups is 2. The minimum absolute atomic E-state index is 0.0868. The van der Waals surface area contributed by atoms with Gasteiger partial charge in [-0.05, 0) is 19.3 Å². The van der Waals surface area contributed by atoms with E-state index >= 15 is 0 Å². The highest BCUT2D eigenvalue weighted by molar-refractivity contribution is 5.88. The van der Waals surface area contributed by atoms with E-state index in [4.69, 9.17) is 5.73 Å². The normalized spacial score (nSPS) is 25.6. The molecule has 1 aliphatic rings. The molecule has 0 bridgehead atoms. The second-order valence-electron chi connectivity index (χ2n) is 3.74. The highest BCUT2D eigenvalue weighted by atomic mass is 16.1. The second kappa shape index (κ2) is 4.40. The van der Waals surface area contributed by atoms with E-state index in [-0.39, 0.29) is 23.5 Å². The van der Waals surface area contributed by atoms with Crippen LogP contribution in [0.25, 0.3) is 0 Å². The Morgan fingerprint density at radius 2 is 2.31 bits per heavy atom. The van der Waals surface area contributed by atoms with Gasteiger partial charge in [0, 0.05) is 18.3 Å². The Balaban J connectivity index is 2.65. The molecule has 13 heavy (non-hydrogen) atoms. The van der Waals surface area contributed by atoms with Crippen molar-refractivity contribution in [1.82, 2.24) is 0 Å². The predicted octanol–water partition coefficient (Wildman–Crippen LogP) is 1.26. The molecular weight excluding hydrogens is 166 g/mol. The van der Waals surface area contributed by atoms with Gasteiger partial charge in [-0.25, -0.2) is 0 Å². The van der Waals surface area contributed by atoms with Gasteiger partial charge < -0.3 is 5.73 Å². The number of Topliss-reactive ketones (excluding diaryl/α,β-unsaturated/α-hetero) is 1. The second-order valence-corrected chi connectivity index (χ2v) is 3.74. The fourth-order valence-corrected chi connectivity index (χ4v) is 2.12. The largest absolute Gasteiger partial charge is 0.369 e. The Labute approximate surface area is 78.7 Å². The summed E-state index contributed by atoms with van der Waals surface area (Å²) in [6, 6.07) is 0. The number of amides is 1. The fourth-order valence-electron chi connectivity index (χ4n) is 2.12. The van der Waals surface area contributed by atoms with Crippen molar-refractivity contribution in [3.05, 3.63) is 0 Å². The third kappa shape index (κ3) is 2.29. The first-order valence-electron chi connectivity index (χ1n) is 4.98. The third-order valence-electron chi connectivity index (χ3n) is 2.89. The zero-order valence-electron chi connectivity index (χ0n) is 8.08. The van der Waals surface area contributed by atoms with E-state index in [1.165, 1.54) is 0 Å². The van der Waals surface area contributed by atoms with Crippen molar-refractivity contribution in [2.45, 2.75) is 39.0 Å². The van der Waals surface area contributed by atoms with E-state index < -0.39 is 0 Å². The van der Waals surface area contributed by atoms with E-state index in [0.717, 1.165) is 19.3 Å². The molecule has 1 saturated carbocycles. The van der Waals surface area contributed by atoms with Crippen molar-refractivity contribution in [2.75, 3.05) is 0 Å². The molecule has 2 unspecified atom stereocenters. The molecule has 1 fully saturated rings. The number of ketones is 1. The van der Waals surface area contributed by atoms with Crippen molar-refractivity contribution < 1.29 is 9.59 Å². The summed E-state index contributed by atoms with van der Waals surface area (Å²) < 4.78 is 0. The summed E-state index contributed by atoms with van der Waals surface area (Å²) in [7, 11) is 0. The van der Waals surface area contributed by atoms with Gasteiger partial charge in [0.25, 0.3) is 0 Å². The first-order valence-corrected chi connectivity index (χ1v) is 4.98. The summed E-state index contributed by atoms with van der Waals surface area (Å²) in [5.74, 6) is -0.399. The molecule has 0 spiro atoms. The van der Waals surface area contributed by atoms with E-state index in [2.05, 4.69) is 0 Å². The molecule has 0 saturated heterocycles. The standard InChI is InChI=1S/C10H17NO2/c1-2-7(10(11)13)8-5-3-4-6-9(8)12/h7-8H,2-6H2,1H3,(H2,11,13). The van der Waals surface area contributed by atoms with Gasteiger partial charge in [-0.15, -0.1) is 0 Å². The Morgan fingerprint density at radius 1 is 1.62 bits per heavy atom. The van der Waals surface area contributed by atoms with Crippen LogP contribution in [0.5, 0.6) is 0 Å². The molecule has 0 aromatic heterocycles. The molecule has 3 nitrogen and oxygen atoms in total. The molecular formula is C10H17NO2. The third-order valence-corrected chi connectivity index (χ3v) is 2.89. The lowest BCUT2D eigenvalue weighted by Gasteiger charge is -2.25. The summed E-state index contributed by atoms with van der Waals surface area (Å²) in [5.41, 5.74) is 5.25. The van der Waals surface area contributed by atoms with Crippen LogP contribution in [0.4, 0.5) is 0 Å². The Hall–Kier alpha value is -0.860. The maximum Gasteiger partial charge on any atom is 0.221 e. The summed E-state index contributed by atoms with van der Waals surface area (Å²) in [4.78, 5) is 22.5. The molecule has 2 atom stereocenters. The van der Waals surface area contributed by atoms with Crippen LogP contribution in [0.1, 0.15) is 39.0 Å². The maximum absolute atomic E-state index is 11.5. The maximum atomic E-state index is 11.5. The van der Waals surface area contributed by atoms with Crippen molar-refractivity contribution in [3.8, 4) is 0 Å². The highest BCUT2D eigenvalue weighted by Crippen LogP contribution is 2.28. The molecule has 1 rings (SSSR count). The minimum atomic E-state index is -0.317. The van der Waals surface area contributed by atoms with Gasteiger partial charge >= 0.3 is 0 Å². The number of carbonyl (C=O) groups excluding carboxylic acids is 2. The van der Waals surface area contributed by atoms with Crippen LogP contribution in [-0.2, 0) is 9.59 Å². The number of nitrogens with two attached hydrogens (primary N) is 1. The van der Waals surface area contributed by atoms with Crippen molar-refractivity contribution >= 4 is 11.7 Å². The average Bonchev–Trinajstić information content (AvgIpc) is 2.09. The number of hydrogen-bond acceptors (Lipinski definition) is 2. The molecule has 0 radical (unpaired) electrons. The Bertz CT molecular complexity index is 213. The predicted molar refractivity (Wildman–Crippen MR) is 49.9 cm³/mol. The summed E-state index contributed by atoms with van der Waals surface area (Å²) >= 11 is 0. The number of rotatable bonds is 3.